The van der Waals surface area contributed by atoms with Crippen molar-refractivity contribution in [3.05, 3.63) is 175 Å². The van der Waals surface area contributed by atoms with Crippen molar-refractivity contribution >= 4 is 39.0 Å². The van der Waals surface area contributed by atoms with Gasteiger partial charge in [0.25, 0.3) is 0 Å². The molecule has 0 spiro atoms. The van der Waals surface area contributed by atoms with Gasteiger partial charge in [-0.3, -0.25) is 0 Å². The summed E-state index contributed by atoms with van der Waals surface area (Å²) in [6, 6.07) is 58.7. The molecule has 1 aliphatic rings. The van der Waals surface area contributed by atoms with E-state index in [2.05, 4.69) is 183 Å². The molecule has 2 heteroatoms. The van der Waals surface area contributed by atoms with Gasteiger partial charge < -0.3 is 9.32 Å². The van der Waals surface area contributed by atoms with E-state index in [1.54, 1.807) is 0 Å². The van der Waals surface area contributed by atoms with Gasteiger partial charge >= 0.3 is 0 Å². The molecule has 1 heterocycles. The van der Waals surface area contributed by atoms with Gasteiger partial charge in [0.1, 0.15) is 11.2 Å². The predicted octanol–water partition coefficient (Wildman–Crippen LogP) is 12.7. The van der Waals surface area contributed by atoms with Crippen molar-refractivity contribution in [2.45, 2.75) is 19.3 Å². The Morgan fingerprint density at radius 2 is 1.11 bits per heavy atom. The molecule has 0 radical (unpaired) electrons. The maximum absolute atomic E-state index is 6.68. The largest absolute Gasteiger partial charge is 0.456 e. The van der Waals surface area contributed by atoms with Gasteiger partial charge in [-0.25, -0.2) is 0 Å². The number of fused-ring (bicyclic) bond motifs is 7. The van der Waals surface area contributed by atoms with Crippen LogP contribution >= 0.6 is 0 Å². The summed E-state index contributed by atoms with van der Waals surface area (Å²) >= 11 is 0. The Morgan fingerprint density at radius 3 is 1.87 bits per heavy atom. The molecule has 47 heavy (non-hydrogen) atoms. The fourth-order valence-electron chi connectivity index (χ4n) is 7.64. The number of hydrogen-bond acceptors (Lipinski definition) is 2. The van der Waals surface area contributed by atoms with E-state index in [1.807, 2.05) is 0 Å². The first-order valence-electron chi connectivity index (χ1n) is 16.3. The minimum absolute atomic E-state index is 0.221. The van der Waals surface area contributed by atoms with E-state index >= 15 is 0 Å². The average Bonchev–Trinajstić information content (AvgIpc) is 3.61. The van der Waals surface area contributed by atoms with Gasteiger partial charge in [-0.1, -0.05) is 141 Å². The van der Waals surface area contributed by atoms with Crippen LogP contribution in [-0.2, 0) is 5.41 Å². The van der Waals surface area contributed by atoms with Crippen LogP contribution in [0.2, 0.25) is 0 Å². The van der Waals surface area contributed by atoms with Crippen molar-refractivity contribution in [2.24, 2.45) is 0 Å². The van der Waals surface area contributed by atoms with Crippen molar-refractivity contribution in [3.63, 3.8) is 0 Å². The van der Waals surface area contributed by atoms with Gasteiger partial charge in [0.2, 0.25) is 0 Å². The molecule has 0 amide bonds. The van der Waals surface area contributed by atoms with Crippen LogP contribution in [-0.4, -0.2) is 0 Å². The topological polar surface area (TPSA) is 16.4 Å². The van der Waals surface area contributed by atoms with E-state index in [-0.39, 0.29) is 5.41 Å². The number of anilines is 3. The highest BCUT2D eigenvalue weighted by Gasteiger charge is 2.41. The van der Waals surface area contributed by atoms with Crippen LogP contribution in [0.25, 0.3) is 55.3 Å². The van der Waals surface area contributed by atoms with Crippen LogP contribution < -0.4 is 4.90 Å². The second-order valence-electron chi connectivity index (χ2n) is 13.0. The summed E-state index contributed by atoms with van der Waals surface area (Å²) in [5, 5.41) is 2.37. The zero-order chi connectivity index (χ0) is 31.5. The molecule has 7 aromatic carbocycles. The number of rotatable bonds is 5. The summed E-state index contributed by atoms with van der Waals surface area (Å²) < 4.78 is 6.68. The Kier molecular flexibility index (Phi) is 6.20. The number of para-hydroxylation sites is 1. The molecular formula is C45H33NO. The summed E-state index contributed by atoms with van der Waals surface area (Å²) in [5.74, 6) is 0. The minimum atomic E-state index is -0.221. The summed E-state index contributed by atoms with van der Waals surface area (Å²) in [6.45, 7) is 4.72. The lowest BCUT2D eigenvalue weighted by Gasteiger charge is -2.29. The normalized spacial score (nSPS) is 13.1. The van der Waals surface area contributed by atoms with Crippen molar-refractivity contribution in [1.29, 1.82) is 0 Å². The number of furan rings is 1. The summed E-state index contributed by atoms with van der Waals surface area (Å²) in [5.41, 5.74) is 14.9. The van der Waals surface area contributed by atoms with E-state index in [0.717, 1.165) is 33.6 Å². The van der Waals surface area contributed by atoms with Gasteiger partial charge in [-0.05, 0) is 69.3 Å². The Balaban J connectivity index is 1.35. The van der Waals surface area contributed by atoms with E-state index in [4.69, 9.17) is 4.42 Å². The van der Waals surface area contributed by atoms with E-state index < -0.39 is 0 Å². The molecule has 0 saturated heterocycles. The molecule has 9 rings (SSSR count). The lowest BCUT2D eigenvalue weighted by atomic mass is 9.80. The highest BCUT2D eigenvalue weighted by atomic mass is 16.3. The van der Waals surface area contributed by atoms with Crippen molar-refractivity contribution in [3.8, 4) is 33.4 Å². The van der Waals surface area contributed by atoms with E-state index in [0.29, 0.717) is 0 Å². The van der Waals surface area contributed by atoms with Crippen LogP contribution in [0.15, 0.2) is 168 Å². The summed E-state index contributed by atoms with van der Waals surface area (Å²) in [4.78, 5) is 2.42. The molecule has 0 unspecified atom stereocenters. The lowest BCUT2D eigenvalue weighted by molar-refractivity contribution is 0.657. The second-order valence-corrected chi connectivity index (χ2v) is 13.0. The van der Waals surface area contributed by atoms with Crippen molar-refractivity contribution in [1.82, 2.24) is 0 Å². The Labute approximate surface area is 275 Å². The number of benzene rings is 7. The molecule has 0 fully saturated rings. The van der Waals surface area contributed by atoms with E-state index in [9.17, 15) is 0 Å². The monoisotopic (exact) mass is 603 g/mol. The SMILES string of the molecule is CC1(C)c2ccccc2-c2c(N(c3ccc(-c4ccccc4)cc3)c3cccc(-c4ccccc4)c3)cc3oc4ccccc4c3c21. The Hall–Kier alpha value is -5.86. The molecule has 0 saturated carbocycles. The third-order valence-electron chi connectivity index (χ3n) is 9.83. The van der Waals surface area contributed by atoms with Gasteiger partial charge in [0.15, 0.2) is 0 Å². The molecule has 0 aliphatic heterocycles. The molecule has 1 aromatic heterocycles. The molecule has 0 N–H and O–H groups in total. The fraction of sp³-hybridized carbons (Fsp3) is 0.0667. The first-order chi connectivity index (χ1) is 23.1. The van der Waals surface area contributed by atoms with Crippen LogP contribution in [0.5, 0.6) is 0 Å². The van der Waals surface area contributed by atoms with Crippen molar-refractivity contribution < 1.29 is 4.42 Å². The maximum atomic E-state index is 6.68. The van der Waals surface area contributed by atoms with Gasteiger partial charge in [-0.15, -0.1) is 0 Å². The first-order valence-corrected chi connectivity index (χ1v) is 16.3. The zero-order valence-corrected chi connectivity index (χ0v) is 26.4. The fourth-order valence-corrected chi connectivity index (χ4v) is 7.64. The smallest absolute Gasteiger partial charge is 0.137 e. The van der Waals surface area contributed by atoms with Crippen LogP contribution in [0.1, 0.15) is 25.0 Å². The maximum Gasteiger partial charge on any atom is 0.137 e. The minimum Gasteiger partial charge on any atom is -0.456 e. The van der Waals surface area contributed by atoms with Gasteiger partial charge in [0, 0.05) is 39.2 Å². The molecule has 0 bridgehead atoms. The van der Waals surface area contributed by atoms with Gasteiger partial charge in [-0.2, -0.15) is 0 Å². The standard InChI is InChI=1S/C45H33NO/c1-45(2)38-22-11-9-20-36(38)42-39(29-41-43(44(42)45)37-21-10-12-23-40(37)47-41)46(34-26-24-32(25-27-34)30-14-5-3-6-15-30)35-19-13-18-33(28-35)31-16-7-4-8-17-31/h3-29H,1-2H3. The third-order valence-corrected chi connectivity index (χ3v) is 9.83. The predicted molar refractivity (Wildman–Crippen MR) is 197 cm³/mol. The Bertz CT molecular complexity index is 2420. The van der Waals surface area contributed by atoms with Crippen molar-refractivity contribution in [2.75, 3.05) is 4.90 Å². The molecule has 2 nitrogen and oxygen atoms in total. The average molecular weight is 604 g/mol. The third kappa shape index (κ3) is 4.33. The molecule has 224 valence electrons. The summed E-state index contributed by atoms with van der Waals surface area (Å²) in [6.07, 6.45) is 0. The second kappa shape index (κ2) is 10.6. The van der Waals surface area contributed by atoms with Gasteiger partial charge in [0.05, 0.1) is 5.69 Å². The molecular weight excluding hydrogens is 571 g/mol. The van der Waals surface area contributed by atoms with Crippen LogP contribution in [0.4, 0.5) is 17.1 Å². The zero-order valence-electron chi connectivity index (χ0n) is 26.4. The van der Waals surface area contributed by atoms with E-state index in [1.165, 1.54) is 49.9 Å². The highest BCUT2D eigenvalue weighted by Crippen LogP contribution is 2.58. The summed E-state index contributed by atoms with van der Waals surface area (Å²) in [7, 11) is 0. The highest BCUT2D eigenvalue weighted by molar-refractivity contribution is 6.14. The van der Waals surface area contributed by atoms with Crippen LogP contribution in [0, 0.1) is 0 Å². The lowest BCUT2D eigenvalue weighted by Crippen LogP contribution is -2.16. The Morgan fingerprint density at radius 1 is 0.489 bits per heavy atom. The molecule has 0 atom stereocenters. The van der Waals surface area contributed by atoms with Crippen LogP contribution in [0.3, 0.4) is 0 Å². The number of nitrogens with zero attached hydrogens (tertiary/aromatic N) is 1. The molecule has 1 aliphatic carbocycles. The quantitative estimate of drug-likeness (QED) is 0.195. The first kappa shape index (κ1) is 27.5. The number of hydrogen-bond donors (Lipinski definition) is 0. The molecule has 8 aromatic rings.